The number of piperazine rings is 1. The van der Waals surface area contributed by atoms with Crippen LogP contribution < -0.4 is 16.8 Å². The molecular weight excluding hydrogens is 703 g/mol. The molecule has 2 amide bonds. The minimum absolute atomic E-state index is 0.0544. The van der Waals surface area contributed by atoms with Gasteiger partial charge in [0, 0.05) is 50.9 Å². The third-order valence-corrected chi connectivity index (χ3v) is 11.9. The number of sulfonamides is 1. The zero-order valence-electron chi connectivity index (χ0n) is 31.6. The van der Waals surface area contributed by atoms with Gasteiger partial charge in [0.1, 0.15) is 0 Å². The fourth-order valence-electron chi connectivity index (χ4n) is 6.95. The van der Waals surface area contributed by atoms with E-state index < -0.39 is 39.8 Å². The summed E-state index contributed by atoms with van der Waals surface area (Å²) in [5.41, 5.74) is 13.9. The Kier molecular flexibility index (Phi) is 16.5. The number of unbranched alkanes of at least 4 members (excludes halogenated alkanes) is 1. The molecule has 1 aliphatic heterocycles. The second-order valence-corrected chi connectivity index (χ2v) is 16.7. The number of ketones is 2. The molecule has 4 rings (SSSR count). The Morgan fingerprint density at radius 3 is 1.81 bits per heavy atom. The lowest BCUT2D eigenvalue weighted by atomic mass is 9.87. The van der Waals surface area contributed by atoms with E-state index >= 15 is 0 Å². The molecule has 0 unspecified atom stereocenters. The van der Waals surface area contributed by atoms with Crippen LogP contribution in [0.1, 0.15) is 63.5 Å². The highest BCUT2D eigenvalue weighted by molar-refractivity contribution is 7.89. The van der Waals surface area contributed by atoms with Gasteiger partial charge >= 0.3 is 0 Å². The summed E-state index contributed by atoms with van der Waals surface area (Å²) in [5.74, 6) is -2.44. The molecule has 1 heterocycles. The van der Waals surface area contributed by atoms with Gasteiger partial charge in [-0.05, 0) is 67.8 Å². The maximum absolute atomic E-state index is 14.1. The Morgan fingerprint density at radius 2 is 1.26 bits per heavy atom. The highest BCUT2D eigenvalue weighted by Gasteiger charge is 2.35. The van der Waals surface area contributed by atoms with Crippen molar-refractivity contribution in [1.82, 2.24) is 14.5 Å². The van der Waals surface area contributed by atoms with Crippen molar-refractivity contribution in [2.45, 2.75) is 82.2 Å². The Balaban J connectivity index is 1.46. The zero-order chi connectivity index (χ0) is 39.1. The number of nitrogens with zero attached hydrogens (tertiary/aromatic N) is 2. The number of benzene rings is 3. The van der Waals surface area contributed by atoms with E-state index in [9.17, 15) is 27.6 Å². The molecule has 1 fully saturated rings. The molecular formula is C42H57N5O6S. The minimum Gasteiger partial charge on any atom is -0.346 e. The lowest BCUT2D eigenvalue weighted by Gasteiger charge is -2.36. The van der Waals surface area contributed by atoms with Crippen LogP contribution in [0.5, 0.6) is 0 Å². The van der Waals surface area contributed by atoms with E-state index in [0.717, 1.165) is 11.1 Å². The largest absolute Gasteiger partial charge is 0.346 e. The highest BCUT2D eigenvalue weighted by Crippen LogP contribution is 2.24. The first-order valence-corrected chi connectivity index (χ1v) is 20.6. The predicted molar refractivity (Wildman–Crippen MR) is 211 cm³/mol. The fraction of sp³-hybridized carbons (Fsp3) is 0.476. The van der Waals surface area contributed by atoms with Gasteiger partial charge in [0.15, 0.2) is 11.6 Å². The van der Waals surface area contributed by atoms with Gasteiger partial charge in [0.05, 0.1) is 17.0 Å². The van der Waals surface area contributed by atoms with Crippen molar-refractivity contribution in [2.75, 3.05) is 32.7 Å². The fourth-order valence-corrected chi connectivity index (χ4v) is 8.39. The first-order valence-electron chi connectivity index (χ1n) is 19.1. The third-order valence-electron chi connectivity index (χ3n) is 10.0. The van der Waals surface area contributed by atoms with Gasteiger partial charge < -0.3 is 21.7 Å². The molecule has 0 saturated carbocycles. The molecule has 11 nitrogen and oxygen atoms in total. The SMILES string of the molecule is CC(C)C[C@@H](NC(=O)[C@H](CC(=O)[C@H](N)Cc1ccccc1)Cc1ccccc1)C(=O)C[C@H](CCCCN)C(=O)N1CCN(S(=O)(=O)c2ccccc2)CC1. The number of carbonyl (C=O) groups excluding carboxylic acids is 4. The molecule has 0 aromatic heterocycles. The Labute approximate surface area is 320 Å². The number of Topliss-reactive ketones (excluding diaryl/α,β-unsaturated/α-hetero) is 2. The van der Waals surface area contributed by atoms with E-state index in [-0.39, 0.29) is 67.3 Å². The summed E-state index contributed by atoms with van der Waals surface area (Å²) in [6.07, 6.45) is 2.64. The highest BCUT2D eigenvalue weighted by atomic mass is 32.2. The number of carbonyl (C=O) groups is 4. The maximum atomic E-state index is 14.1. The van der Waals surface area contributed by atoms with Crippen LogP contribution >= 0.6 is 0 Å². The molecule has 4 atom stereocenters. The lowest BCUT2D eigenvalue weighted by Crippen LogP contribution is -2.52. The summed E-state index contributed by atoms with van der Waals surface area (Å²) in [4.78, 5) is 57.4. The van der Waals surface area contributed by atoms with Crippen LogP contribution in [-0.2, 0) is 42.0 Å². The lowest BCUT2D eigenvalue weighted by molar-refractivity contribution is -0.140. The van der Waals surface area contributed by atoms with Crippen LogP contribution in [0.25, 0.3) is 0 Å². The Bertz CT molecular complexity index is 1750. The third kappa shape index (κ3) is 12.7. The minimum atomic E-state index is -3.70. The van der Waals surface area contributed by atoms with Crippen LogP contribution in [0.4, 0.5) is 0 Å². The quantitative estimate of drug-likeness (QED) is 0.136. The summed E-state index contributed by atoms with van der Waals surface area (Å²) in [7, 11) is -3.70. The molecule has 292 valence electrons. The summed E-state index contributed by atoms with van der Waals surface area (Å²) < 4.78 is 27.8. The van der Waals surface area contributed by atoms with Gasteiger partial charge in [-0.3, -0.25) is 19.2 Å². The second kappa shape index (κ2) is 21.0. The number of rotatable bonds is 21. The zero-order valence-corrected chi connectivity index (χ0v) is 32.5. The molecule has 0 spiro atoms. The predicted octanol–water partition coefficient (Wildman–Crippen LogP) is 4.14. The second-order valence-electron chi connectivity index (χ2n) is 14.7. The molecule has 3 aromatic rings. The van der Waals surface area contributed by atoms with Crippen LogP contribution in [-0.4, -0.2) is 85.8 Å². The van der Waals surface area contributed by atoms with Crippen LogP contribution in [0.3, 0.4) is 0 Å². The Hall–Kier alpha value is -4.23. The van der Waals surface area contributed by atoms with Crippen molar-refractivity contribution < 1.29 is 27.6 Å². The van der Waals surface area contributed by atoms with Gasteiger partial charge in [-0.25, -0.2) is 8.42 Å². The molecule has 0 radical (unpaired) electrons. The van der Waals surface area contributed by atoms with Crippen molar-refractivity contribution in [2.24, 2.45) is 29.2 Å². The molecule has 12 heteroatoms. The monoisotopic (exact) mass is 759 g/mol. The van der Waals surface area contributed by atoms with Crippen LogP contribution in [0, 0.1) is 17.8 Å². The van der Waals surface area contributed by atoms with Crippen molar-refractivity contribution in [3.63, 3.8) is 0 Å². The number of nitrogens with two attached hydrogens (primary N) is 2. The summed E-state index contributed by atoms with van der Waals surface area (Å²) in [6, 6.07) is 25.5. The summed E-state index contributed by atoms with van der Waals surface area (Å²) in [6.45, 7) is 5.09. The van der Waals surface area contributed by atoms with Gasteiger partial charge in [-0.1, -0.05) is 99.1 Å². The van der Waals surface area contributed by atoms with Crippen LogP contribution in [0.15, 0.2) is 95.9 Å². The number of hydrogen-bond donors (Lipinski definition) is 3. The first kappa shape index (κ1) is 42.5. The first-order chi connectivity index (χ1) is 25.9. The van der Waals surface area contributed by atoms with Crippen LogP contribution in [0.2, 0.25) is 0 Å². The van der Waals surface area contributed by atoms with E-state index in [1.54, 1.807) is 35.2 Å². The van der Waals surface area contributed by atoms with E-state index in [0.29, 0.717) is 45.1 Å². The molecule has 3 aromatic carbocycles. The van der Waals surface area contributed by atoms with Gasteiger partial charge in [-0.15, -0.1) is 0 Å². The number of amides is 2. The van der Waals surface area contributed by atoms with Gasteiger partial charge in [-0.2, -0.15) is 4.31 Å². The molecule has 0 bridgehead atoms. The van der Waals surface area contributed by atoms with Crippen molar-refractivity contribution in [1.29, 1.82) is 0 Å². The van der Waals surface area contributed by atoms with E-state index in [4.69, 9.17) is 11.5 Å². The average Bonchev–Trinajstić information content (AvgIpc) is 3.17. The molecule has 0 aliphatic carbocycles. The smallest absolute Gasteiger partial charge is 0.243 e. The van der Waals surface area contributed by atoms with Crippen molar-refractivity contribution >= 4 is 33.4 Å². The average molecular weight is 760 g/mol. The number of hydrogen-bond acceptors (Lipinski definition) is 8. The summed E-state index contributed by atoms with van der Waals surface area (Å²) >= 11 is 0. The molecule has 1 aliphatic rings. The van der Waals surface area contributed by atoms with E-state index in [1.807, 2.05) is 74.5 Å². The summed E-state index contributed by atoms with van der Waals surface area (Å²) in [5, 5.41) is 2.99. The Morgan fingerprint density at radius 1 is 0.722 bits per heavy atom. The van der Waals surface area contributed by atoms with E-state index in [2.05, 4.69) is 5.32 Å². The van der Waals surface area contributed by atoms with Crippen molar-refractivity contribution in [3.8, 4) is 0 Å². The molecule has 5 N–H and O–H groups in total. The van der Waals surface area contributed by atoms with Crippen molar-refractivity contribution in [3.05, 3.63) is 102 Å². The van der Waals surface area contributed by atoms with Gasteiger partial charge in [0.2, 0.25) is 21.8 Å². The molecule has 54 heavy (non-hydrogen) atoms. The topological polar surface area (TPSA) is 173 Å². The number of nitrogens with one attached hydrogen (secondary N) is 1. The van der Waals surface area contributed by atoms with E-state index in [1.165, 1.54) is 4.31 Å². The standard InChI is InChI=1S/C42H57N5O6S/c1-31(2)26-38(45-41(50)35(27-32-14-6-3-7-15-32)30-39(48)37(44)28-33-16-8-4-9-17-33)40(49)29-34(18-12-13-21-43)42(51)46-22-24-47(25-23-46)54(52,53)36-19-10-5-11-20-36/h3-11,14-17,19-20,31,34-35,37-38H,12-13,18,21-30,43-44H2,1-2H3,(H,45,50)/t34-,35-,37+,38+/m0/s1. The maximum Gasteiger partial charge on any atom is 0.243 e. The normalized spacial score (nSPS) is 16.0. The molecule has 1 saturated heterocycles. The van der Waals surface area contributed by atoms with Gasteiger partial charge in [0.25, 0.3) is 0 Å².